The Morgan fingerprint density at radius 1 is 0.967 bits per heavy atom. The molecule has 1 aliphatic heterocycles. The van der Waals surface area contributed by atoms with Crippen molar-refractivity contribution >= 4 is 40.9 Å². The molecule has 3 fully saturated rings. The van der Waals surface area contributed by atoms with E-state index in [1.165, 1.54) is 17.2 Å². The van der Waals surface area contributed by atoms with Crippen LogP contribution < -0.4 is 10.6 Å². The summed E-state index contributed by atoms with van der Waals surface area (Å²) in [6.07, 6.45) is 4.39. The molecule has 2 N–H and O–H groups in total. The van der Waals surface area contributed by atoms with Gasteiger partial charge in [0, 0.05) is 47.5 Å². The Morgan fingerprint density at radius 3 is 2.20 bits per heavy atom. The average molecular weight is 874 g/mol. The Hall–Kier alpha value is -3.69. The van der Waals surface area contributed by atoms with Gasteiger partial charge in [-0.05, 0) is 128 Å². The van der Waals surface area contributed by atoms with Gasteiger partial charge in [0.2, 0.25) is 12.0 Å². The highest BCUT2D eigenvalue weighted by Crippen LogP contribution is 2.43. The number of benzene rings is 2. The van der Waals surface area contributed by atoms with Gasteiger partial charge in [-0.15, -0.1) is 0 Å². The highest BCUT2D eigenvalue weighted by molar-refractivity contribution is 7.99. The highest BCUT2D eigenvalue weighted by atomic mass is 35.5. The first-order valence-electron chi connectivity index (χ1n) is 20.8. The Bertz CT molecular complexity index is 1840. The van der Waals surface area contributed by atoms with Gasteiger partial charge in [-0.3, -0.25) is 14.5 Å². The molecule has 6 rings (SSSR count). The molecule has 15 heteroatoms. The molecule has 2 heterocycles. The lowest BCUT2D eigenvalue weighted by atomic mass is 9.73. The van der Waals surface area contributed by atoms with Gasteiger partial charge >= 0.3 is 6.18 Å². The van der Waals surface area contributed by atoms with Gasteiger partial charge in [0.15, 0.2) is 0 Å². The monoisotopic (exact) mass is 872 g/mol. The summed E-state index contributed by atoms with van der Waals surface area (Å²) in [5, 5.41) is 11.3. The second-order valence-electron chi connectivity index (χ2n) is 16.5. The van der Waals surface area contributed by atoms with E-state index in [0.29, 0.717) is 5.03 Å². The van der Waals surface area contributed by atoms with Crippen molar-refractivity contribution in [2.45, 2.75) is 119 Å². The standard InChI is InChI=1S/C24H28F3N3O2S.C21H32ClN3O2/c25-24(26,27)19-6-7-22(28-16-19)33-17-21(31)29-20-8-10-23(11-9-20,18-4-2-1-3-5-18)30-12-14-32-15-13-30;1-15(2)24-27-16(3)20(26)23-19-9-11-21(12-10-19,25(4)5)14-17-7-6-8-18(22)13-17/h1-7,16,20H,8-15,17H2,(H,29,31);6-8,13,16,19H,9-12,14H2,1-5H3,(H,23,26). The molecule has 10 nitrogen and oxygen atoms in total. The first-order chi connectivity index (χ1) is 28.6. The van der Waals surface area contributed by atoms with E-state index in [0.717, 1.165) is 119 Å². The van der Waals surface area contributed by atoms with E-state index in [1.807, 2.05) is 32.0 Å². The molecule has 0 bridgehead atoms. The van der Waals surface area contributed by atoms with E-state index >= 15 is 0 Å². The lowest BCUT2D eigenvalue weighted by Gasteiger charge is -2.50. The number of pyridine rings is 1. The minimum Gasteiger partial charge on any atom is -0.383 e. The second kappa shape index (κ2) is 21.9. The van der Waals surface area contributed by atoms with Crippen LogP contribution in [0.25, 0.3) is 0 Å². The van der Waals surface area contributed by atoms with Crippen LogP contribution in [-0.4, -0.2) is 102 Å². The molecule has 0 radical (unpaired) electrons. The highest BCUT2D eigenvalue weighted by Gasteiger charge is 2.43. The molecule has 0 spiro atoms. The Balaban J connectivity index is 0.000000233. The minimum absolute atomic E-state index is 0.0365. The number of nitrogens with one attached hydrogen (secondary N) is 2. The second-order valence-corrected chi connectivity index (χ2v) is 17.9. The summed E-state index contributed by atoms with van der Waals surface area (Å²) < 4.78 is 43.5. The number of halogens is 4. The molecule has 1 atom stereocenters. The van der Waals surface area contributed by atoms with Crippen LogP contribution in [0.3, 0.4) is 0 Å². The Morgan fingerprint density at radius 2 is 1.62 bits per heavy atom. The van der Waals surface area contributed by atoms with Crippen LogP contribution in [0, 0.1) is 0 Å². The predicted molar refractivity (Wildman–Crippen MR) is 232 cm³/mol. The van der Waals surface area contributed by atoms with E-state index in [9.17, 15) is 22.8 Å². The summed E-state index contributed by atoms with van der Waals surface area (Å²) in [5.41, 5.74) is 2.64. The van der Waals surface area contributed by atoms with Gasteiger partial charge in [0.1, 0.15) is 0 Å². The fourth-order valence-corrected chi connectivity index (χ4v) is 9.34. The summed E-state index contributed by atoms with van der Waals surface area (Å²) in [6.45, 7) is 8.70. The molecule has 3 aliphatic rings. The molecule has 2 amide bonds. The molecule has 1 unspecified atom stereocenters. The number of amides is 2. The minimum atomic E-state index is -4.41. The molecule has 328 valence electrons. The van der Waals surface area contributed by atoms with Crippen LogP contribution in [0.4, 0.5) is 13.2 Å². The SMILES string of the molecule is CC(C)=NOC(C)C(=O)NC1CCC(Cc2cccc(Cl)c2)(N(C)C)CC1.O=C(CSc1ccc(C(F)(F)F)cn1)NC1CCC(c2ccccc2)(N2CCOCC2)CC1. The predicted octanol–water partition coefficient (Wildman–Crippen LogP) is 8.52. The third-order valence-electron chi connectivity index (χ3n) is 11.9. The zero-order chi connectivity index (χ0) is 43.3. The molecule has 1 aromatic heterocycles. The Kier molecular flexibility index (Phi) is 17.3. The van der Waals surface area contributed by atoms with Crippen LogP contribution in [0.5, 0.6) is 0 Å². The van der Waals surface area contributed by atoms with Crippen LogP contribution in [0.2, 0.25) is 5.02 Å². The Labute approximate surface area is 362 Å². The normalized spacial score (nSPS) is 24.0. The smallest absolute Gasteiger partial charge is 0.383 e. The number of likely N-dealkylation sites (N-methyl/N-ethyl adjacent to an activating group) is 1. The van der Waals surface area contributed by atoms with Gasteiger partial charge < -0.3 is 25.1 Å². The number of alkyl halides is 3. The van der Waals surface area contributed by atoms with E-state index in [2.05, 4.69) is 81.1 Å². The zero-order valence-corrected chi connectivity index (χ0v) is 37.0. The number of carbonyl (C=O) groups excluding carboxylic acids is 2. The number of rotatable bonds is 13. The van der Waals surface area contributed by atoms with Gasteiger partial charge in [0.25, 0.3) is 5.91 Å². The number of carbonyl (C=O) groups is 2. The number of thioether (sulfide) groups is 1. The largest absolute Gasteiger partial charge is 0.417 e. The van der Waals surface area contributed by atoms with E-state index < -0.39 is 17.8 Å². The third kappa shape index (κ3) is 13.4. The lowest BCUT2D eigenvalue weighted by molar-refractivity contribution is -0.138. The molecule has 2 aliphatic carbocycles. The van der Waals surface area contributed by atoms with Crippen molar-refractivity contribution < 1.29 is 32.3 Å². The number of nitrogens with zero attached hydrogens (tertiary/aromatic N) is 4. The molecule has 60 heavy (non-hydrogen) atoms. The van der Waals surface area contributed by atoms with Crippen LogP contribution in [0.15, 0.2) is 83.1 Å². The van der Waals surface area contributed by atoms with Crippen LogP contribution in [0.1, 0.15) is 88.8 Å². The molecule has 1 saturated heterocycles. The first-order valence-corrected chi connectivity index (χ1v) is 22.2. The van der Waals surface area contributed by atoms with Crippen molar-refractivity contribution in [3.63, 3.8) is 0 Å². The fourth-order valence-electron chi connectivity index (χ4n) is 8.47. The summed E-state index contributed by atoms with van der Waals surface area (Å²) in [5.74, 6) is -0.0928. The van der Waals surface area contributed by atoms with Crippen molar-refractivity contribution in [2.75, 3.05) is 46.2 Å². The van der Waals surface area contributed by atoms with E-state index in [-0.39, 0.29) is 40.7 Å². The topological polar surface area (TPSA) is 108 Å². The lowest BCUT2D eigenvalue weighted by Crippen LogP contribution is -2.54. The van der Waals surface area contributed by atoms with Crippen molar-refractivity contribution in [1.82, 2.24) is 25.4 Å². The van der Waals surface area contributed by atoms with E-state index in [4.69, 9.17) is 21.2 Å². The summed E-state index contributed by atoms with van der Waals surface area (Å²) >= 11 is 7.30. The van der Waals surface area contributed by atoms with Crippen molar-refractivity contribution in [3.8, 4) is 0 Å². The number of hydrogen-bond acceptors (Lipinski definition) is 9. The maximum Gasteiger partial charge on any atom is 0.417 e. The average Bonchev–Trinajstić information content (AvgIpc) is 3.24. The number of oxime groups is 1. The van der Waals surface area contributed by atoms with Gasteiger partial charge in [0.05, 0.1) is 35.3 Å². The number of morpholine rings is 1. The van der Waals surface area contributed by atoms with Crippen molar-refractivity contribution in [1.29, 1.82) is 0 Å². The number of aromatic nitrogens is 1. The number of hydrogen-bond donors (Lipinski definition) is 2. The molecule has 3 aromatic rings. The molecule has 2 saturated carbocycles. The van der Waals surface area contributed by atoms with Gasteiger partial charge in [-0.25, -0.2) is 4.98 Å². The zero-order valence-electron chi connectivity index (χ0n) is 35.4. The maximum absolute atomic E-state index is 12.7. The van der Waals surface area contributed by atoms with Crippen molar-refractivity contribution in [3.05, 3.63) is 94.6 Å². The van der Waals surface area contributed by atoms with Gasteiger partial charge in [-0.2, -0.15) is 13.2 Å². The fraction of sp³-hybridized carbons (Fsp3) is 0.556. The molecular weight excluding hydrogens is 813 g/mol. The number of ether oxygens (including phenoxy) is 1. The summed E-state index contributed by atoms with van der Waals surface area (Å²) in [6, 6.07) is 21.3. The van der Waals surface area contributed by atoms with Crippen LogP contribution in [-0.2, 0) is 37.3 Å². The van der Waals surface area contributed by atoms with E-state index in [1.54, 1.807) is 6.92 Å². The molecule has 2 aromatic carbocycles. The van der Waals surface area contributed by atoms with Crippen LogP contribution >= 0.6 is 23.4 Å². The summed E-state index contributed by atoms with van der Waals surface area (Å²) in [4.78, 5) is 38.7. The quantitative estimate of drug-likeness (QED) is 0.100. The first kappa shape index (κ1) is 47.4. The third-order valence-corrected chi connectivity index (χ3v) is 13.1. The van der Waals surface area contributed by atoms with Crippen molar-refractivity contribution in [2.24, 2.45) is 5.16 Å². The summed E-state index contributed by atoms with van der Waals surface area (Å²) in [7, 11) is 4.29. The van der Waals surface area contributed by atoms with Gasteiger partial charge in [-0.1, -0.05) is 71.0 Å². The molecular formula is C45H60ClF3N6O4S. The maximum atomic E-state index is 12.7.